The molecule has 0 aliphatic rings. The van der Waals surface area contributed by atoms with E-state index in [9.17, 15) is 0 Å². The van der Waals surface area contributed by atoms with Crippen molar-refractivity contribution in [3.05, 3.63) is 36.4 Å². The third-order valence-corrected chi connectivity index (χ3v) is 4.20. The molecule has 2 N–H and O–H groups in total. The topological polar surface area (TPSA) is 48.1 Å². The van der Waals surface area contributed by atoms with Gasteiger partial charge in [-0.2, -0.15) is 0 Å². The maximum absolute atomic E-state index is 6.34. The van der Waals surface area contributed by atoms with Gasteiger partial charge in [0.25, 0.3) is 0 Å². The Kier molecular flexibility index (Phi) is 5.05. The van der Waals surface area contributed by atoms with E-state index in [1.54, 1.807) is 0 Å². The molecule has 113 valence electrons. The summed E-state index contributed by atoms with van der Waals surface area (Å²) >= 11 is 0. The predicted octanol–water partition coefficient (Wildman–Crippen LogP) is 4.32. The van der Waals surface area contributed by atoms with Gasteiger partial charge in [0.2, 0.25) is 0 Å². The van der Waals surface area contributed by atoms with Crippen molar-refractivity contribution in [3.63, 3.8) is 0 Å². The Morgan fingerprint density at radius 1 is 1.29 bits per heavy atom. The Labute approximate surface area is 127 Å². The van der Waals surface area contributed by atoms with Crippen molar-refractivity contribution >= 4 is 16.6 Å². The van der Waals surface area contributed by atoms with Gasteiger partial charge in [0.1, 0.15) is 5.75 Å². The minimum Gasteiger partial charge on any atom is -0.493 e. The van der Waals surface area contributed by atoms with Crippen LogP contribution in [-0.4, -0.2) is 11.6 Å². The Morgan fingerprint density at radius 3 is 2.62 bits per heavy atom. The van der Waals surface area contributed by atoms with Crippen LogP contribution in [0.15, 0.2) is 18.2 Å². The van der Waals surface area contributed by atoms with E-state index >= 15 is 0 Å². The predicted molar refractivity (Wildman–Crippen MR) is 89.5 cm³/mol. The van der Waals surface area contributed by atoms with Gasteiger partial charge in [0, 0.05) is 11.4 Å². The number of ether oxygens (including phenoxy) is 1. The third-order valence-electron chi connectivity index (χ3n) is 4.20. The number of aromatic nitrogens is 1. The second kappa shape index (κ2) is 6.79. The molecule has 3 heteroatoms. The van der Waals surface area contributed by atoms with Crippen LogP contribution in [-0.2, 0) is 6.42 Å². The normalized spacial score (nSPS) is 11.3. The fourth-order valence-electron chi connectivity index (χ4n) is 2.65. The molecular weight excluding hydrogens is 260 g/mol. The number of nitrogen functional groups attached to an aromatic ring is 1. The molecule has 1 heterocycles. The monoisotopic (exact) mass is 285 g/mol. The summed E-state index contributed by atoms with van der Waals surface area (Å²) in [5.74, 6) is 1.41. The molecule has 0 unspecified atom stereocenters. The van der Waals surface area contributed by atoms with Gasteiger partial charge in [-0.3, -0.25) is 4.98 Å². The van der Waals surface area contributed by atoms with Crippen LogP contribution in [0, 0.1) is 19.8 Å². The van der Waals surface area contributed by atoms with E-state index in [0.717, 1.165) is 53.0 Å². The summed E-state index contributed by atoms with van der Waals surface area (Å²) in [6.07, 6.45) is 2.89. The number of hydrogen-bond donors (Lipinski definition) is 1. The fourth-order valence-corrected chi connectivity index (χ4v) is 2.65. The number of hydrogen-bond acceptors (Lipinski definition) is 3. The van der Waals surface area contributed by atoms with Crippen LogP contribution in [0.4, 0.5) is 5.69 Å². The standard InChI is InChI=1S/C18H25N2O/c1-5-13(6-2)11-21-16-10-8-9-15-17(16)18(19)14(7-3)12(4)20-15/h8-10,13H,3,5-7,11H2,1-2,4H3,(H2,19,20). The van der Waals surface area contributed by atoms with Gasteiger partial charge in [0.15, 0.2) is 0 Å². The molecule has 1 aromatic heterocycles. The first-order chi connectivity index (χ1) is 10.1. The van der Waals surface area contributed by atoms with E-state index in [1.165, 1.54) is 0 Å². The van der Waals surface area contributed by atoms with Gasteiger partial charge < -0.3 is 10.5 Å². The van der Waals surface area contributed by atoms with Gasteiger partial charge in [-0.15, -0.1) is 0 Å². The summed E-state index contributed by atoms with van der Waals surface area (Å²) in [6, 6.07) is 5.93. The zero-order valence-corrected chi connectivity index (χ0v) is 13.3. The molecular formula is C18H25N2O. The van der Waals surface area contributed by atoms with Gasteiger partial charge in [-0.05, 0) is 43.9 Å². The van der Waals surface area contributed by atoms with Crippen LogP contribution < -0.4 is 10.5 Å². The van der Waals surface area contributed by atoms with E-state index in [1.807, 2.05) is 25.1 Å². The highest BCUT2D eigenvalue weighted by molar-refractivity contribution is 5.97. The number of nitrogens with two attached hydrogens (primary N) is 1. The largest absolute Gasteiger partial charge is 0.493 e. The van der Waals surface area contributed by atoms with Crippen LogP contribution in [0.25, 0.3) is 10.9 Å². The lowest BCUT2D eigenvalue weighted by Gasteiger charge is -2.17. The molecule has 1 aromatic carbocycles. The summed E-state index contributed by atoms with van der Waals surface area (Å²) < 4.78 is 6.04. The van der Waals surface area contributed by atoms with Gasteiger partial charge in [0.05, 0.1) is 17.5 Å². The molecule has 0 saturated heterocycles. The summed E-state index contributed by atoms with van der Waals surface area (Å²) in [5.41, 5.74) is 9.96. The number of fused-ring (bicyclic) bond motifs is 1. The number of anilines is 1. The molecule has 2 aromatic rings. The summed E-state index contributed by atoms with van der Waals surface area (Å²) in [4.78, 5) is 4.64. The lowest BCUT2D eigenvalue weighted by molar-refractivity contribution is 0.243. The average molecular weight is 285 g/mol. The first kappa shape index (κ1) is 15.6. The van der Waals surface area contributed by atoms with Crippen molar-refractivity contribution < 1.29 is 4.74 Å². The van der Waals surface area contributed by atoms with E-state index in [4.69, 9.17) is 10.5 Å². The first-order valence-electron chi connectivity index (χ1n) is 7.72. The molecule has 0 aliphatic heterocycles. The van der Waals surface area contributed by atoms with Crippen molar-refractivity contribution in [2.45, 2.75) is 40.0 Å². The summed E-state index contributed by atoms with van der Waals surface area (Å²) in [5, 5.41) is 0.924. The summed E-state index contributed by atoms with van der Waals surface area (Å²) in [7, 11) is 0. The molecule has 0 aliphatic carbocycles. The molecule has 0 bridgehead atoms. The lowest BCUT2D eigenvalue weighted by Crippen LogP contribution is -2.11. The summed E-state index contributed by atoms with van der Waals surface area (Å²) in [6.45, 7) is 11.0. The zero-order valence-electron chi connectivity index (χ0n) is 13.3. The Bertz CT molecular complexity index is 618. The minimum atomic E-state index is 0.576. The second-order valence-electron chi connectivity index (χ2n) is 5.48. The van der Waals surface area contributed by atoms with Crippen molar-refractivity contribution in [1.29, 1.82) is 0 Å². The van der Waals surface area contributed by atoms with Gasteiger partial charge >= 0.3 is 0 Å². The van der Waals surface area contributed by atoms with E-state index in [-0.39, 0.29) is 0 Å². The Hall–Kier alpha value is -1.77. The van der Waals surface area contributed by atoms with E-state index in [0.29, 0.717) is 12.3 Å². The molecule has 3 nitrogen and oxygen atoms in total. The first-order valence-corrected chi connectivity index (χ1v) is 7.72. The molecule has 0 amide bonds. The highest BCUT2D eigenvalue weighted by Crippen LogP contribution is 2.33. The molecule has 0 spiro atoms. The van der Waals surface area contributed by atoms with Crippen molar-refractivity contribution in [2.24, 2.45) is 5.92 Å². The minimum absolute atomic E-state index is 0.576. The van der Waals surface area contributed by atoms with Crippen LogP contribution in [0.2, 0.25) is 0 Å². The number of nitrogens with zero attached hydrogens (tertiary/aromatic N) is 1. The molecule has 2 rings (SSSR count). The Balaban J connectivity index is 2.44. The highest BCUT2D eigenvalue weighted by Gasteiger charge is 2.14. The smallest absolute Gasteiger partial charge is 0.130 e. The second-order valence-corrected chi connectivity index (χ2v) is 5.48. The van der Waals surface area contributed by atoms with Crippen molar-refractivity contribution in [3.8, 4) is 5.75 Å². The van der Waals surface area contributed by atoms with Crippen molar-refractivity contribution in [1.82, 2.24) is 4.98 Å². The molecule has 0 saturated carbocycles. The Morgan fingerprint density at radius 2 is 2.00 bits per heavy atom. The van der Waals surface area contributed by atoms with Gasteiger partial charge in [-0.25, -0.2) is 0 Å². The van der Waals surface area contributed by atoms with Crippen molar-refractivity contribution in [2.75, 3.05) is 12.3 Å². The lowest BCUT2D eigenvalue weighted by atomic mass is 10.0. The number of rotatable bonds is 6. The maximum Gasteiger partial charge on any atom is 0.130 e. The zero-order chi connectivity index (χ0) is 15.4. The van der Waals surface area contributed by atoms with Crippen LogP contribution >= 0.6 is 0 Å². The SMILES string of the molecule is [CH2]Cc1c(C)nc2cccc(OCC(CC)CC)c2c1N. The highest BCUT2D eigenvalue weighted by atomic mass is 16.5. The average Bonchev–Trinajstić information content (AvgIpc) is 2.48. The third kappa shape index (κ3) is 3.12. The molecule has 1 radical (unpaired) electrons. The quantitative estimate of drug-likeness (QED) is 0.860. The maximum atomic E-state index is 6.34. The molecule has 0 atom stereocenters. The van der Waals surface area contributed by atoms with E-state index in [2.05, 4.69) is 25.8 Å². The van der Waals surface area contributed by atoms with Crippen LogP contribution in [0.3, 0.4) is 0 Å². The van der Waals surface area contributed by atoms with Crippen LogP contribution in [0.5, 0.6) is 5.75 Å². The fraction of sp³-hybridized carbons (Fsp3) is 0.444. The molecule has 21 heavy (non-hydrogen) atoms. The number of pyridine rings is 1. The number of aryl methyl sites for hydroxylation is 1. The van der Waals surface area contributed by atoms with Crippen LogP contribution in [0.1, 0.15) is 37.9 Å². The molecule has 0 fully saturated rings. The van der Waals surface area contributed by atoms with E-state index < -0.39 is 0 Å². The number of benzene rings is 1. The van der Waals surface area contributed by atoms with Gasteiger partial charge in [-0.1, -0.05) is 32.8 Å².